The van der Waals surface area contributed by atoms with Gasteiger partial charge in [-0.1, -0.05) is 36.4 Å². The van der Waals surface area contributed by atoms with Crippen molar-refractivity contribution >= 4 is 38.9 Å². The number of rotatable bonds is 7. The van der Waals surface area contributed by atoms with Gasteiger partial charge in [0.05, 0.1) is 25.8 Å². The number of hydrogen-bond donors (Lipinski definition) is 1. The van der Waals surface area contributed by atoms with E-state index in [9.17, 15) is 26.4 Å². The summed E-state index contributed by atoms with van der Waals surface area (Å²) >= 11 is 1.21. The number of benzene rings is 2. The summed E-state index contributed by atoms with van der Waals surface area (Å²) in [5, 5.41) is 8.89. The summed E-state index contributed by atoms with van der Waals surface area (Å²) in [5.74, 6) is -1.87. The number of hydrogen-bond acceptors (Lipinski definition) is 8. The molecule has 238 valence electrons. The first kappa shape index (κ1) is 33.1. The molecular weight excluding hydrogens is 623 g/mol. The Morgan fingerprint density at radius 2 is 1.59 bits per heavy atom. The van der Waals surface area contributed by atoms with E-state index in [-0.39, 0.29) is 18.4 Å². The van der Waals surface area contributed by atoms with Crippen LogP contribution in [0.5, 0.6) is 11.5 Å². The van der Waals surface area contributed by atoms with Crippen molar-refractivity contribution in [2.45, 2.75) is 16.3 Å². The Balaban J connectivity index is 0.000000566. The van der Waals surface area contributed by atoms with Crippen molar-refractivity contribution in [2.75, 3.05) is 58.4 Å². The van der Waals surface area contributed by atoms with Crippen LogP contribution in [0.25, 0.3) is 0 Å². The summed E-state index contributed by atoms with van der Waals surface area (Å²) in [7, 11) is -0.368. The number of carboxylic acids is 1. The lowest BCUT2D eigenvalue weighted by Gasteiger charge is -2.38. The number of carboxylic acid groups (broad SMARTS) is 1. The SMILES string of the molecule is COc1ccc(OC)c(N2CCN(C(=O)[C@@H]3CN(S(=O)(=O)c4cccs4)C[C@H]3c3ccccc3)CC2)c1.O=C(O)C(F)(F)F. The van der Waals surface area contributed by atoms with Gasteiger partial charge in [-0.15, -0.1) is 11.3 Å². The zero-order valence-electron chi connectivity index (χ0n) is 23.9. The molecule has 0 bridgehead atoms. The van der Waals surface area contributed by atoms with Gasteiger partial charge in [0.1, 0.15) is 15.7 Å². The van der Waals surface area contributed by atoms with E-state index in [2.05, 4.69) is 4.90 Å². The Hall–Kier alpha value is -3.82. The van der Waals surface area contributed by atoms with Crippen molar-refractivity contribution in [3.8, 4) is 11.5 Å². The zero-order chi connectivity index (χ0) is 32.1. The molecule has 2 aliphatic heterocycles. The van der Waals surface area contributed by atoms with Crippen molar-refractivity contribution in [2.24, 2.45) is 5.92 Å². The number of ether oxygens (including phenoxy) is 2. The van der Waals surface area contributed by atoms with Gasteiger partial charge in [-0.2, -0.15) is 17.5 Å². The number of sulfonamides is 1. The van der Waals surface area contributed by atoms with E-state index in [4.69, 9.17) is 19.4 Å². The summed E-state index contributed by atoms with van der Waals surface area (Å²) in [5.41, 5.74) is 1.93. The number of nitrogens with zero attached hydrogens (tertiary/aromatic N) is 3. The summed E-state index contributed by atoms with van der Waals surface area (Å²) in [6, 6.07) is 18.8. The second kappa shape index (κ2) is 13.9. The molecular formula is C29H32F3N3O7S2. The summed E-state index contributed by atoms with van der Waals surface area (Å²) in [4.78, 5) is 26.8. The van der Waals surface area contributed by atoms with Gasteiger partial charge in [-0.25, -0.2) is 13.2 Å². The first-order valence-electron chi connectivity index (χ1n) is 13.5. The Kier molecular flexibility index (Phi) is 10.4. The van der Waals surface area contributed by atoms with Crippen LogP contribution in [-0.2, 0) is 19.6 Å². The van der Waals surface area contributed by atoms with Crippen LogP contribution >= 0.6 is 11.3 Å². The molecule has 2 fully saturated rings. The van der Waals surface area contributed by atoms with Crippen molar-refractivity contribution in [3.63, 3.8) is 0 Å². The smallest absolute Gasteiger partial charge is 0.490 e. The maximum absolute atomic E-state index is 13.9. The first-order chi connectivity index (χ1) is 20.9. The van der Waals surface area contributed by atoms with Gasteiger partial charge in [-0.05, 0) is 29.1 Å². The fourth-order valence-electron chi connectivity index (χ4n) is 5.24. The quantitative estimate of drug-likeness (QED) is 0.404. The molecule has 2 atom stereocenters. The molecule has 5 rings (SSSR count). The topological polar surface area (TPSA) is 117 Å². The van der Waals surface area contributed by atoms with Crippen molar-refractivity contribution in [1.29, 1.82) is 0 Å². The van der Waals surface area contributed by atoms with E-state index >= 15 is 0 Å². The monoisotopic (exact) mass is 655 g/mol. The fraction of sp³-hybridized carbons (Fsp3) is 0.379. The van der Waals surface area contributed by atoms with Gasteiger partial charge in [0.2, 0.25) is 5.91 Å². The van der Waals surface area contributed by atoms with E-state index in [0.29, 0.717) is 36.9 Å². The van der Waals surface area contributed by atoms with Gasteiger partial charge in [0.25, 0.3) is 10.0 Å². The Bertz CT molecular complexity index is 1530. The average Bonchev–Trinajstić information content (AvgIpc) is 3.73. The van der Waals surface area contributed by atoms with Crippen molar-refractivity contribution in [1.82, 2.24) is 9.21 Å². The molecule has 3 heterocycles. The first-order valence-corrected chi connectivity index (χ1v) is 15.8. The van der Waals surface area contributed by atoms with E-state index in [0.717, 1.165) is 22.7 Å². The second-order valence-electron chi connectivity index (χ2n) is 10.0. The normalized spacial score (nSPS) is 19.2. The molecule has 0 radical (unpaired) electrons. The standard InChI is InChI=1S/C27H31N3O5S2.C2HF3O2/c1-34-21-10-11-25(35-2)24(17-21)28-12-14-29(15-13-28)27(31)23-19-30(37(32,33)26-9-6-16-36-26)18-22(23)20-7-4-3-5-8-20;3-2(4,5)1(6)7/h3-11,16-17,22-23H,12-15,18-19H2,1-2H3;(H,6,7)/t22-,23+;/m0./s1. The molecule has 0 spiro atoms. The summed E-state index contributed by atoms with van der Waals surface area (Å²) < 4.78 is 71.1. The summed E-state index contributed by atoms with van der Waals surface area (Å²) in [6.45, 7) is 2.87. The fourth-order valence-corrected chi connectivity index (χ4v) is 7.87. The predicted molar refractivity (Wildman–Crippen MR) is 158 cm³/mol. The molecule has 15 heteroatoms. The van der Waals surface area contributed by atoms with Crippen molar-refractivity contribution < 1.29 is 45.8 Å². The number of anilines is 1. The predicted octanol–water partition coefficient (Wildman–Crippen LogP) is 4.15. The highest BCUT2D eigenvalue weighted by Crippen LogP contribution is 2.38. The Labute approximate surface area is 257 Å². The summed E-state index contributed by atoms with van der Waals surface area (Å²) in [6.07, 6.45) is -5.08. The average molecular weight is 656 g/mol. The van der Waals surface area contributed by atoms with Crippen LogP contribution in [0.1, 0.15) is 11.5 Å². The molecule has 1 aromatic heterocycles. The maximum atomic E-state index is 13.9. The van der Waals surface area contributed by atoms with Crippen LogP contribution in [0, 0.1) is 5.92 Å². The molecule has 0 unspecified atom stereocenters. The number of carbonyl (C=O) groups is 2. The Morgan fingerprint density at radius 1 is 0.932 bits per heavy atom. The largest absolute Gasteiger partial charge is 0.497 e. The van der Waals surface area contributed by atoms with Crippen molar-refractivity contribution in [3.05, 3.63) is 71.6 Å². The third-order valence-corrected chi connectivity index (χ3v) is 10.7. The lowest BCUT2D eigenvalue weighted by molar-refractivity contribution is -0.192. The number of halogens is 3. The number of amides is 1. The molecule has 44 heavy (non-hydrogen) atoms. The van der Waals surface area contributed by atoms with Gasteiger partial charge in [0, 0.05) is 51.3 Å². The molecule has 2 aromatic carbocycles. The highest BCUT2D eigenvalue weighted by atomic mass is 32.2. The molecule has 10 nitrogen and oxygen atoms in total. The number of alkyl halides is 3. The zero-order valence-corrected chi connectivity index (χ0v) is 25.6. The van der Waals surface area contributed by atoms with Gasteiger partial charge in [0.15, 0.2) is 0 Å². The third-order valence-electron chi connectivity index (χ3n) is 7.48. The minimum atomic E-state index is -5.08. The van der Waals surface area contributed by atoms with E-state index in [1.54, 1.807) is 31.7 Å². The highest BCUT2D eigenvalue weighted by Gasteiger charge is 2.45. The van der Waals surface area contributed by atoms with E-state index < -0.39 is 28.1 Å². The number of thiophene rings is 1. The number of carbonyl (C=O) groups excluding carboxylic acids is 1. The van der Waals surface area contributed by atoms with Crippen LogP contribution in [0.2, 0.25) is 0 Å². The maximum Gasteiger partial charge on any atom is 0.490 e. The van der Waals surface area contributed by atoms with Gasteiger partial charge in [-0.3, -0.25) is 4.79 Å². The lowest BCUT2D eigenvalue weighted by atomic mass is 9.88. The van der Waals surface area contributed by atoms with Crippen LogP contribution in [-0.4, -0.2) is 94.3 Å². The van der Waals surface area contributed by atoms with Gasteiger partial charge < -0.3 is 24.4 Å². The van der Waals surface area contributed by atoms with E-state index in [1.165, 1.54) is 15.6 Å². The van der Waals surface area contributed by atoms with E-state index in [1.807, 2.05) is 53.4 Å². The minimum Gasteiger partial charge on any atom is -0.497 e. The minimum absolute atomic E-state index is 0.00925. The van der Waals surface area contributed by atoms with Crippen LogP contribution in [0.15, 0.2) is 70.3 Å². The van der Waals surface area contributed by atoms with Crippen LogP contribution in [0.4, 0.5) is 18.9 Å². The molecule has 2 saturated heterocycles. The number of aliphatic carboxylic acids is 1. The second-order valence-corrected chi connectivity index (χ2v) is 13.1. The molecule has 2 aliphatic rings. The molecule has 0 aliphatic carbocycles. The lowest BCUT2D eigenvalue weighted by Crippen LogP contribution is -2.51. The van der Waals surface area contributed by atoms with Crippen LogP contribution in [0.3, 0.4) is 0 Å². The molecule has 1 N–H and O–H groups in total. The molecule has 1 amide bonds. The number of methoxy groups -OCH3 is 2. The Morgan fingerprint density at radius 3 is 2.14 bits per heavy atom. The number of piperazine rings is 1. The van der Waals surface area contributed by atoms with Crippen LogP contribution < -0.4 is 14.4 Å². The van der Waals surface area contributed by atoms with Gasteiger partial charge >= 0.3 is 12.1 Å². The highest BCUT2D eigenvalue weighted by molar-refractivity contribution is 7.91. The third kappa shape index (κ3) is 7.45. The molecule has 0 saturated carbocycles. The molecule has 3 aromatic rings.